The van der Waals surface area contributed by atoms with Gasteiger partial charge in [-0.25, -0.2) is 4.98 Å². The first-order chi connectivity index (χ1) is 13.8. The minimum Gasteiger partial charge on any atom is -0.486 e. The summed E-state index contributed by atoms with van der Waals surface area (Å²) in [5, 5.41) is 13.8. The van der Waals surface area contributed by atoms with E-state index in [1.54, 1.807) is 17.5 Å². The Labute approximate surface area is 164 Å². The Balaban J connectivity index is 1.36. The fourth-order valence-corrected chi connectivity index (χ4v) is 3.80. The number of H-pyrrole nitrogens is 1. The van der Waals surface area contributed by atoms with Crippen molar-refractivity contribution >= 4 is 34.0 Å². The zero-order chi connectivity index (χ0) is 18.9. The lowest BCUT2D eigenvalue weighted by atomic mass is 10.1. The SMILES string of the molecule is O=C(Cc1ccc2c(c1)OCCO2)Nc1n[nH]c2ccc(-c3nccs3)cc12. The van der Waals surface area contributed by atoms with Gasteiger partial charge in [-0.1, -0.05) is 6.07 Å². The minimum absolute atomic E-state index is 0.148. The van der Waals surface area contributed by atoms with E-state index in [-0.39, 0.29) is 12.3 Å². The molecule has 2 aromatic heterocycles. The van der Waals surface area contributed by atoms with Gasteiger partial charge in [-0.2, -0.15) is 5.10 Å². The molecule has 0 bridgehead atoms. The first-order valence-corrected chi connectivity index (χ1v) is 9.70. The van der Waals surface area contributed by atoms with Gasteiger partial charge in [0.1, 0.15) is 18.2 Å². The Bertz CT molecular complexity index is 1150. The number of anilines is 1. The third-order valence-corrected chi connectivity index (χ3v) is 5.29. The summed E-state index contributed by atoms with van der Waals surface area (Å²) in [6, 6.07) is 11.5. The normalized spacial score (nSPS) is 12.9. The largest absolute Gasteiger partial charge is 0.486 e. The number of nitrogens with zero attached hydrogens (tertiary/aromatic N) is 2. The number of fused-ring (bicyclic) bond motifs is 2. The van der Waals surface area contributed by atoms with Gasteiger partial charge in [0.25, 0.3) is 0 Å². The molecule has 1 amide bonds. The quantitative estimate of drug-likeness (QED) is 0.554. The molecule has 2 N–H and O–H groups in total. The topological polar surface area (TPSA) is 89.1 Å². The summed E-state index contributed by atoms with van der Waals surface area (Å²) < 4.78 is 11.1. The number of carbonyl (C=O) groups is 1. The van der Waals surface area contributed by atoms with Crippen molar-refractivity contribution < 1.29 is 14.3 Å². The molecule has 0 aliphatic carbocycles. The highest BCUT2D eigenvalue weighted by Gasteiger charge is 2.15. The predicted octanol–water partition coefficient (Wildman–Crippen LogP) is 3.64. The van der Waals surface area contributed by atoms with Gasteiger partial charge in [-0.05, 0) is 35.9 Å². The molecular weight excluding hydrogens is 376 g/mol. The van der Waals surface area contributed by atoms with Crippen LogP contribution in [0.15, 0.2) is 48.0 Å². The molecule has 28 heavy (non-hydrogen) atoms. The standard InChI is InChI=1S/C20H16N4O3S/c25-18(10-12-1-4-16-17(9-12)27-7-6-26-16)22-19-14-11-13(20-21-5-8-28-20)2-3-15(14)23-24-19/h1-5,8-9,11H,6-7,10H2,(H2,22,23,24,25). The Hall–Kier alpha value is -3.39. The Morgan fingerprint density at radius 3 is 2.89 bits per heavy atom. The third-order valence-electron chi connectivity index (χ3n) is 4.47. The molecule has 0 radical (unpaired) electrons. The smallest absolute Gasteiger partial charge is 0.230 e. The zero-order valence-electron chi connectivity index (χ0n) is 14.8. The van der Waals surface area contributed by atoms with Crippen molar-refractivity contribution in [3.8, 4) is 22.1 Å². The maximum Gasteiger partial charge on any atom is 0.230 e. The molecule has 0 saturated heterocycles. The molecule has 1 aliphatic heterocycles. The second-order valence-corrected chi connectivity index (χ2v) is 7.27. The van der Waals surface area contributed by atoms with E-state index < -0.39 is 0 Å². The monoisotopic (exact) mass is 392 g/mol. The number of benzene rings is 2. The van der Waals surface area contributed by atoms with Crippen LogP contribution in [-0.4, -0.2) is 34.3 Å². The number of aromatic amines is 1. The summed E-state index contributed by atoms with van der Waals surface area (Å²) in [6.45, 7) is 1.06. The summed E-state index contributed by atoms with van der Waals surface area (Å²) in [5.74, 6) is 1.75. The van der Waals surface area contributed by atoms with Crippen LogP contribution < -0.4 is 14.8 Å². The molecule has 0 fully saturated rings. The maximum absolute atomic E-state index is 12.6. The van der Waals surface area contributed by atoms with E-state index >= 15 is 0 Å². The molecular formula is C20H16N4O3S. The van der Waals surface area contributed by atoms with Gasteiger partial charge >= 0.3 is 0 Å². The first-order valence-electron chi connectivity index (χ1n) is 8.83. The van der Waals surface area contributed by atoms with Crippen molar-refractivity contribution in [3.05, 3.63) is 53.5 Å². The van der Waals surface area contributed by atoms with E-state index in [9.17, 15) is 4.79 Å². The molecule has 8 heteroatoms. The fraction of sp³-hybridized carbons (Fsp3) is 0.150. The van der Waals surface area contributed by atoms with Crippen molar-refractivity contribution in [2.24, 2.45) is 0 Å². The van der Waals surface area contributed by atoms with Gasteiger partial charge in [0.05, 0.1) is 11.9 Å². The van der Waals surface area contributed by atoms with E-state index in [1.807, 2.05) is 41.8 Å². The van der Waals surface area contributed by atoms with Gasteiger partial charge in [0.2, 0.25) is 5.91 Å². The Kier molecular flexibility index (Phi) is 4.17. The van der Waals surface area contributed by atoms with Crippen LogP contribution >= 0.6 is 11.3 Å². The van der Waals surface area contributed by atoms with Gasteiger partial charge in [-0.15, -0.1) is 11.3 Å². The van der Waals surface area contributed by atoms with Gasteiger partial charge in [-0.3, -0.25) is 9.89 Å². The zero-order valence-corrected chi connectivity index (χ0v) is 15.6. The van der Waals surface area contributed by atoms with E-state index in [0.717, 1.165) is 27.0 Å². The lowest BCUT2D eigenvalue weighted by molar-refractivity contribution is -0.115. The van der Waals surface area contributed by atoms with Gasteiger partial charge in [0, 0.05) is 22.5 Å². The van der Waals surface area contributed by atoms with Crippen LogP contribution in [0.5, 0.6) is 11.5 Å². The molecule has 140 valence electrons. The van der Waals surface area contributed by atoms with E-state index in [2.05, 4.69) is 20.5 Å². The summed E-state index contributed by atoms with van der Waals surface area (Å²) in [5.41, 5.74) is 2.70. The summed E-state index contributed by atoms with van der Waals surface area (Å²) in [4.78, 5) is 16.9. The van der Waals surface area contributed by atoms with Gasteiger partial charge < -0.3 is 14.8 Å². The number of hydrogen-bond donors (Lipinski definition) is 2. The number of aromatic nitrogens is 3. The van der Waals surface area contributed by atoms with Crippen LogP contribution in [0, 0.1) is 0 Å². The third kappa shape index (κ3) is 3.18. The lowest BCUT2D eigenvalue weighted by Crippen LogP contribution is -2.17. The molecule has 1 aliphatic rings. The molecule has 2 aromatic carbocycles. The van der Waals surface area contributed by atoms with Crippen molar-refractivity contribution in [2.75, 3.05) is 18.5 Å². The van der Waals surface area contributed by atoms with Crippen molar-refractivity contribution in [3.63, 3.8) is 0 Å². The molecule has 5 rings (SSSR count). The van der Waals surface area contributed by atoms with Crippen molar-refractivity contribution in [1.82, 2.24) is 15.2 Å². The van der Waals surface area contributed by atoms with Crippen LogP contribution in [0.25, 0.3) is 21.5 Å². The number of ether oxygens (including phenoxy) is 2. The number of hydrogen-bond acceptors (Lipinski definition) is 6. The molecule has 7 nitrogen and oxygen atoms in total. The highest BCUT2D eigenvalue weighted by atomic mass is 32.1. The van der Waals surface area contributed by atoms with Crippen LogP contribution in [0.3, 0.4) is 0 Å². The van der Waals surface area contributed by atoms with Gasteiger partial charge in [0.15, 0.2) is 17.3 Å². The highest BCUT2D eigenvalue weighted by Crippen LogP contribution is 2.31. The lowest BCUT2D eigenvalue weighted by Gasteiger charge is -2.18. The predicted molar refractivity (Wildman–Crippen MR) is 107 cm³/mol. The molecule has 0 spiro atoms. The molecule has 0 atom stereocenters. The van der Waals surface area contributed by atoms with E-state index in [0.29, 0.717) is 30.5 Å². The van der Waals surface area contributed by atoms with E-state index in [1.165, 1.54) is 0 Å². The maximum atomic E-state index is 12.6. The van der Waals surface area contributed by atoms with Crippen molar-refractivity contribution in [1.29, 1.82) is 0 Å². The number of rotatable bonds is 4. The summed E-state index contributed by atoms with van der Waals surface area (Å²) >= 11 is 1.57. The van der Waals surface area contributed by atoms with Crippen molar-refractivity contribution in [2.45, 2.75) is 6.42 Å². The van der Waals surface area contributed by atoms with Crippen LogP contribution in [0.4, 0.5) is 5.82 Å². The first kappa shape index (κ1) is 16.8. The molecule has 3 heterocycles. The summed E-state index contributed by atoms with van der Waals surface area (Å²) in [7, 11) is 0. The average Bonchev–Trinajstić information content (AvgIpc) is 3.38. The molecule has 4 aromatic rings. The average molecular weight is 392 g/mol. The Morgan fingerprint density at radius 2 is 2.04 bits per heavy atom. The number of amides is 1. The fourth-order valence-electron chi connectivity index (χ4n) is 3.17. The molecule has 0 unspecified atom stereocenters. The van der Waals surface area contributed by atoms with Crippen LogP contribution in [0.2, 0.25) is 0 Å². The number of carbonyl (C=O) groups excluding carboxylic acids is 1. The minimum atomic E-state index is -0.148. The number of nitrogens with one attached hydrogen (secondary N) is 2. The highest BCUT2D eigenvalue weighted by molar-refractivity contribution is 7.13. The summed E-state index contributed by atoms with van der Waals surface area (Å²) in [6.07, 6.45) is 1.99. The van der Waals surface area contributed by atoms with E-state index in [4.69, 9.17) is 9.47 Å². The van der Waals surface area contributed by atoms with Crippen LogP contribution in [-0.2, 0) is 11.2 Å². The van der Waals surface area contributed by atoms with Crippen LogP contribution in [0.1, 0.15) is 5.56 Å². The second kappa shape index (κ2) is 6.97. The Morgan fingerprint density at radius 1 is 1.14 bits per heavy atom. The second-order valence-electron chi connectivity index (χ2n) is 6.37. The molecule has 0 saturated carbocycles. The number of thiazole rings is 1.